The van der Waals surface area contributed by atoms with Crippen LogP contribution in [0.2, 0.25) is 0 Å². The minimum absolute atomic E-state index is 0.0625. The lowest BCUT2D eigenvalue weighted by Crippen LogP contribution is -2.33. The molecule has 0 bridgehead atoms. The summed E-state index contributed by atoms with van der Waals surface area (Å²) in [4.78, 5) is 25.8. The summed E-state index contributed by atoms with van der Waals surface area (Å²) >= 11 is 0. The summed E-state index contributed by atoms with van der Waals surface area (Å²) in [6.45, 7) is 7.08. The Balaban J connectivity index is 2.45. The Morgan fingerprint density at radius 2 is 2.13 bits per heavy atom. The Morgan fingerprint density at radius 1 is 1.43 bits per heavy atom. The molecule has 0 radical (unpaired) electrons. The lowest BCUT2D eigenvalue weighted by Gasteiger charge is -2.10. The van der Waals surface area contributed by atoms with E-state index in [9.17, 15) is 14.7 Å². The van der Waals surface area contributed by atoms with Crippen LogP contribution in [0.1, 0.15) is 18.1 Å². The van der Waals surface area contributed by atoms with E-state index in [0.717, 1.165) is 15.8 Å². The molecule has 0 spiro atoms. The lowest BCUT2D eigenvalue weighted by molar-refractivity contribution is 0.409. The van der Waals surface area contributed by atoms with Gasteiger partial charge in [0.1, 0.15) is 5.56 Å². The maximum atomic E-state index is 12.0. The third-order valence-corrected chi connectivity index (χ3v) is 3.33. The molecule has 1 aromatic heterocycles. The number of rotatable bonds is 5. The Morgan fingerprint density at radius 3 is 2.78 bits per heavy atom. The number of hydrogen-bond acceptors (Lipinski definition) is 5. The summed E-state index contributed by atoms with van der Waals surface area (Å²) in [5.74, 6) is -0.438. The maximum Gasteiger partial charge on any atom is 0.331 e. The molecule has 0 aliphatic rings. The molecule has 0 fully saturated rings. The van der Waals surface area contributed by atoms with Crippen LogP contribution < -0.4 is 16.7 Å². The van der Waals surface area contributed by atoms with E-state index in [1.807, 2.05) is 31.2 Å². The zero-order chi connectivity index (χ0) is 17.0. The van der Waals surface area contributed by atoms with Gasteiger partial charge >= 0.3 is 5.69 Å². The Labute approximate surface area is 132 Å². The summed E-state index contributed by atoms with van der Waals surface area (Å²) in [6.07, 6.45) is 1.45. The maximum absolute atomic E-state index is 12.0. The highest BCUT2D eigenvalue weighted by Crippen LogP contribution is 2.15. The van der Waals surface area contributed by atoms with Crippen LogP contribution in [0.4, 0.5) is 5.69 Å². The van der Waals surface area contributed by atoms with Crippen LogP contribution in [-0.4, -0.2) is 20.4 Å². The van der Waals surface area contributed by atoms with Crippen molar-refractivity contribution in [1.29, 1.82) is 0 Å². The molecule has 0 aliphatic carbocycles. The molecule has 23 heavy (non-hydrogen) atoms. The van der Waals surface area contributed by atoms with E-state index in [0.29, 0.717) is 0 Å². The fourth-order valence-electron chi connectivity index (χ4n) is 2.08. The van der Waals surface area contributed by atoms with E-state index < -0.39 is 17.1 Å². The molecule has 0 amide bonds. The van der Waals surface area contributed by atoms with Gasteiger partial charge in [0.05, 0.1) is 11.4 Å². The lowest BCUT2D eigenvalue weighted by atomic mass is 10.2. The van der Waals surface area contributed by atoms with E-state index >= 15 is 0 Å². The normalized spacial score (nSPS) is 11.3. The van der Waals surface area contributed by atoms with Crippen LogP contribution in [0, 0.1) is 6.92 Å². The largest absolute Gasteiger partial charge is 0.494 e. The number of para-hydroxylation sites is 1. The molecule has 0 saturated carbocycles. The van der Waals surface area contributed by atoms with Crippen molar-refractivity contribution in [2.75, 3.05) is 5.43 Å². The Bertz CT molecular complexity index is 878. The highest BCUT2D eigenvalue weighted by atomic mass is 16.3. The van der Waals surface area contributed by atoms with Crippen molar-refractivity contribution < 1.29 is 5.11 Å². The molecule has 2 aromatic rings. The SMILES string of the molecule is C=CCn1c(O)c(C(C)=NNc2ccccc2C)c(=O)[nH]c1=O. The predicted octanol–water partition coefficient (Wildman–Crippen LogP) is 1.57. The van der Waals surface area contributed by atoms with Crippen LogP contribution in [-0.2, 0) is 6.54 Å². The number of nitrogens with zero attached hydrogens (tertiary/aromatic N) is 2. The molecule has 0 atom stereocenters. The first-order valence-corrected chi connectivity index (χ1v) is 6.99. The van der Waals surface area contributed by atoms with Gasteiger partial charge in [0.25, 0.3) is 5.56 Å². The number of allylic oxidation sites excluding steroid dienone is 1. The van der Waals surface area contributed by atoms with Gasteiger partial charge in [0, 0.05) is 6.54 Å². The summed E-state index contributed by atoms with van der Waals surface area (Å²) in [5, 5.41) is 14.3. The minimum Gasteiger partial charge on any atom is -0.494 e. The van der Waals surface area contributed by atoms with E-state index in [1.54, 1.807) is 6.92 Å². The number of aromatic nitrogens is 2. The highest BCUT2D eigenvalue weighted by molar-refractivity contribution is 6.00. The van der Waals surface area contributed by atoms with Crippen LogP contribution in [0.3, 0.4) is 0 Å². The number of aromatic amines is 1. The van der Waals surface area contributed by atoms with Gasteiger partial charge in [-0.15, -0.1) is 6.58 Å². The third-order valence-electron chi connectivity index (χ3n) is 3.33. The number of aryl methyl sites for hydroxylation is 1. The van der Waals surface area contributed by atoms with Crippen LogP contribution >= 0.6 is 0 Å². The van der Waals surface area contributed by atoms with Crippen molar-refractivity contribution in [1.82, 2.24) is 9.55 Å². The first-order chi connectivity index (χ1) is 11.0. The van der Waals surface area contributed by atoms with Crippen molar-refractivity contribution in [3.63, 3.8) is 0 Å². The summed E-state index contributed by atoms with van der Waals surface area (Å²) in [5.41, 5.74) is 3.41. The van der Waals surface area contributed by atoms with Gasteiger partial charge in [-0.3, -0.25) is 19.8 Å². The zero-order valence-electron chi connectivity index (χ0n) is 13.0. The number of H-pyrrole nitrogens is 1. The average Bonchev–Trinajstić information content (AvgIpc) is 2.50. The van der Waals surface area contributed by atoms with E-state index in [2.05, 4.69) is 22.1 Å². The number of anilines is 1. The van der Waals surface area contributed by atoms with Gasteiger partial charge in [-0.1, -0.05) is 24.3 Å². The van der Waals surface area contributed by atoms with E-state index in [-0.39, 0.29) is 17.8 Å². The predicted molar refractivity (Wildman–Crippen MR) is 90.2 cm³/mol. The molecule has 120 valence electrons. The highest BCUT2D eigenvalue weighted by Gasteiger charge is 2.16. The fourth-order valence-corrected chi connectivity index (χ4v) is 2.08. The van der Waals surface area contributed by atoms with Crippen LogP contribution in [0.5, 0.6) is 5.88 Å². The second-order valence-electron chi connectivity index (χ2n) is 4.98. The molecular formula is C16H18N4O3. The van der Waals surface area contributed by atoms with Crippen molar-refractivity contribution in [2.24, 2.45) is 5.10 Å². The smallest absolute Gasteiger partial charge is 0.331 e. The van der Waals surface area contributed by atoms with E-state index in [1.165, 1.54) is 6.08 Å². The standard InChI is InChI=1S/C16H18N4O3/c1-4-9-20-15(22)13(14(21)17-16(20)23)11(3)18-19-12-8-6-5-7-10(12)2/h4-8,19,22H,1,9H2,2-3H3,(H,17,21,23). The molecule has 1 heterocycles. The number of aromatic hydroxyl groups is 1. The number of hydrazone groups is 1. The van der Waals surface area contributed by atoms with Crippen molar-refractivity contribution in [3.8, 4) is 5.88 Å². The number of nitrogens with one attached hydrogen (secondary N) is 2. The zero-order valence-corrected chi connectivity index (χ0v) is 13.0. The van der Waals surface area contributed by atoms with Gasteiger partial charge in [-0.05, 0) is 25.5 Å². The first-order valence-electron chi connectivity index (χ1n) is 6.99. The molecule has 7 heteroatoms. The summed E-state index contributed by atoms with van der Waals surface area (Å²) in [6, 6.07) is 7.52. The molecule has 1 aromatic carbocycles. The number of benzene rings is 1. The van der Waals surface area contributed by atoms with Crippen LogP contribution in [0.25, 0.3) is 0 Å². The van der Waals surface area contributed by atoms with Gasteiger partial charge in [-0.25, -0.2) is 4.79 Å². The van der Waals surface area contributed by atoms with Gasteiger partial charge < -0.3 is 5.11 Å². The third kappa shape index (κ3) is 3.39. The quantitative estimate of drug-likeness (QED) is 0.443. The number of hydrogen-bond donors (Lipinski definition) is 3. The Hall–Kier alpha value is -3.09. The molecule has 0 unspecified atom stereocenters. The first kappa shape index (κ1) is 16.3. The Kier molecular flexibility index (Phi) is 4.80. The molecular weight excluding hydrogens is 296 g/mol. The van der Waals surface area contributed by atoms with E-state index in [4.69, 9.17) is 0 Å². The average molecular weight is 314 g/mol. The second-order valence-corrected chi connectivity index (χ2v) is 4.98. The fraction of sp³-hybridized carbons (Fsp3) is 0.188. The van der Waals surface area contributed by atoms with Crippen molar-refractivity contribution >= 4 is 11.4 Å². The topological polar surface area (TPSA) is 99.5 Å². The van der Waals surface area contributed by atoms with Crippen molar-refractivity contribution in [3.05, 3.63) is 68.9 Å². The van der Waals surface area contributed by atoms with Gasteiger partial charge in [-0.2, -0.15) is 5.10 Å². The molecule has 0 aliphatic heterocycles. The monoisotopic (exact) mass is 314 g/mol. The van der Waals surface area contributed by atoms with Crippen molar-refractivity contribution in [2.45, 2.75) is 20.4 Å². The second kappa shape index (κ2) is 6.78. The molecule has 7 nitrogen and oxygen atoms in total. The van der Waals surface area contributed by atoms with Crippen LogP contribution in [0.15, 0.2) is 51.6 Å². The minimum atomic E-state index is -0.698. The molecule has 0 saturated heterocycles. The van der Waals surface area contributed by atoms with Gasteiger partial charge in [0.15, 0.2) is 0 Å². The molecule has 3 N–H and O–H groups in total. The summed E-state index contributed by atoms with van der Waals surface area (Å²) < 4.78 is 1.01. The molecule has 2 rings (SSSR count). The van der Waals surface area contributed by atoms with Gasteiger partial charge in [0.2, 0.25) is 5.88 Å². The summed E-state index contributed by atoms with van der Waals surface area (Å²) in [7, 11) is 0.